The van der Waals surface area contributed by atoms with Gasteiger partial charge < -0.3 is 19.5 Å². The van der Waals surface area contributed by atoms with Gasteiger partial charge in [-0.2, -0.15) is 0 Å². The molecule has 1 heterocycles. The molecule has 0 spiro atoms. The van der Waals surface area contributed by atoms with E-state index in [2.05, 4.69) is 5.32 Å². The molecule has 10 heteroatoms. The van der Waals surface area contributed by atoms with E-state index in [0.717, 1.165) is 16.7 Å². The van der Waals surface area contributed by atoms with Crippen molar-refractivity contribution in [2.45, 2.75) is 26.4 Å². The van der Waals surface area contributed by atoms with Gasteiger partial charge in [0.1, 0.15) is 6.54 Å². The lowest BCUT2D eigenvalue weighted by Crippen LogP contribution is -2.35. The minimum Gasteiger partial charge on any atom is -0.493 e. The number of esters is 1. The Kier molecular flexibility index (Phi) is 8.91. The lowest BCUT2D eigenvalue weighted by Gasteiger charge is -2.14. The number of benzene rings is 2. The van der Waals surface area contributed by atoms with Crippen molar-refractivity contribution >= 4 is 46.5 Å². The Labute approximate surface area is 207 Å². The van der Waals surface area contributed by atoms with Crippen LogP contribution >= 0.6 is 11.8 Å². The van der Waals surface area contributed by atoms with Gasteiger partial charge in [0, 0.05) is 5.69 Å². The van der Waals surface area contributed by atoms with E-state index in [4.69, 9.17) is 14.2 Å². The standard InChI is InChI=1S/C25H26N2O7S/c1-4-16(2)34-23(29)14-27-24(30)21(35-25(27)31)13-17-10-11-19(20(12-17)32-3)33-15-22(28)26-18-8-6-5-7-9-18/h5-13,16H,4,14-15H2,1-3H3,(H,26,28)/b21-13-/t16-/m1/s1. The minimum absolute atomic E-state index is 0.171. The Bertz CT molecular complexity index is 1130. The van der Waals surface area contributed by atoms with E-state index in [1.807, 2.05) is 25.1 Å². The number of methoxy groups -OCH3 is 1. The summed E-state index contributed by atoms with van der Waals surface area (Å²) in [5.74, 6) is -0.848. The Hall–Kier alpha value is -3.79. The van der Waals surface area contributed by atoms with Crippen LogP contribution < -0.4 is 14.8 Å². The fourth-order valence-electron chi connectivity index (χ4n) is 3.02. The number of hydrogen-bond acceptors (Lipinski definition) is 8. The molecule has 1 aliphatic heterocycles. The van der Waals surface area contributed by atoms with E-state index in [0.29, 0.717) is 29.2 Å². The van der Waals surface area contributed by atoms with Gasteiger partial charge in [0.25, 0.3) is 17.1 Å². The van der Waals surface area contributed by atoms with Gasteiger partial charge in [-0.25, -0.2) is 0 Å². The topological polar surface area (TPSA) is 111 Å². The molecule has 1 atom stereocenters. The molecule has 0 unspecified atom stereocenters. The van der Waals surface area contributed by atoms with Gasteiger partial charge in [0.2, 0.25) is 0 Å². The molecule has 2 aromatic carbocycles. The second kappa shape index (κ2) is 12.1. The first kappa shape index (κ1) is 25.8. The number of thioether (sulfide) groups is 1. The van der Waals surface area contributed by atoms with Crippen LogP contribution in [0, 0.1) is 0 Å². The summed E-state index contributed by atoms with van der Waals surface area (Å²) in [5.41, 5.74) is 1.24. The molecular formula is C25H26N2O7S. The fourth-order valence-corrected chi connectivity index (χ4v) is 3.86. The lowest BCUT2D eigenvalue weighted by atomic mass is 10.2. The zero-order chi connectivity index (χ0) is 25.4. The summed E-state index contributed by atoms with van der Waals surface area (Å²) in [6.07, 6.45) is 1.86. The molecule has 0 radical (unpaired) electrons. The fraction of sp³-hybridized carbons (Fsp3) is 0.280. The van der Waals surface area contributed by atoms with Crippen molar-refractivity contribution in [1.82, 2.24) is 4.90 Å². The van der Waals surface area contributed by atoms with Crippen molar-refractivity contribution in [3.8, 4) is 11.5 Å². The highest BCUT2D eigenvalue weighted by molar-refractivity contribution is 8.18. The van der Waals surface area contributed by atoms with Crippen molar-refractivity contribution < 1.29 is 33.4 Å². The predicted molar refractivity (Wildman–Crippen MR) is 132 cm³/mol. The largest absolute Gasteiger partial charge is 0.493 e. The molecule has 0 aromatic heterocycles. The summed E-state index contributed by atoms with van der Waals surface area (Å²) in [6.45, 7) is 2.94. The SMILES string of the molecule is CC[C@@H](C)OC(=O)CN1C(=O)S/C(=C\c2ccc(OCC(=O)Nc3ccccc3)c(OC)c2)C1=O. The van der Waals surface area contributed by atoms with Crippen LogP contribution in [0.5, 0.6) is 11.5 Å². The summed E-state index contributed by atoms with van der Waals surface area (Å²) in [4.78, 5) is 50.1. The predicted octanol–water partition coefficient (Wildman–Crippen LogP) is 4.09. The van der Waals surface area contributed by atoms with E-state index < -0.39 is 23.7 Å². The molecule has 0 aliphatic carbocycles. The quantitative estimate of drug-likeness (QED) is 0.385. The number of imide groups is 1. The number of nitrogens with zero attached hydrogens (tertiary/aromatic N) is 1. The van der Waals surface area contributed by atoms with Crippen LogP contribution in [0.15, 0.2) is 53.4 Å². The number of anilines is 1. The molecule has 0 bridgehead atoms. The van der Waals surface area contributed by atoms with E-state index in [1.54, 1.807) is 37.3 Å². The number of amides is 3. The van der Waals surface area contributed by atoms with Crippen LogP contribution in [0.3, 0.4) is 0 Å². The summed E-state index contributed by atoms with van der Waals surface area (Å²) in [6, 6.07) is 13.9. The van der Waals surface area contributed by atoms with Crippen molar-refractivity contribution in [1.29, 1.82) is 0 Å². The Morgan fingerprint density at radius 2 is 1.86 bits per heavy atom. The summed E-state index contributed by atoms with van der Waals surface area (Å²) < 4.78 is 16.1. The second-order valence-electron chi connectivity index (χ2n) is 7.59. The van der Waals surface area contributed by atoms with Crippen molar-refractivity contribution in [3.05, 3.63) is 59.0 Å². The molecule has 3 amide bonds. The highest BCUT2D eigenvalue weighted by atomic mass is 32.2. The highest BCUT2D eigenvalue weighted by Gasteiger charge is 2.36. The van der Waals surface area contributed by atoms with Crippen LogP contribution in [0.1, 0.15) is 25.8 Å². The van der Waals surface area contributed by atoms with Gasteiger partial charge >= 0.3 is 5.97 Å². The average molecular weight is 499 g/mol. The smallest absolute Gasteiger partial charge is 0.326 e. The van der Waals surface area contributed by atoms with Crippen molar-refractivity contribution in [2.24, 2.45) is 0 Å². The number of rotatable bonds is 10. The number of carbonyl (C=O) groups is 4. The lowest BCUT2D eigenvalue weighted by molar-refractivity contribution is -0.150. The number of para-hydroxylation sites is 1. The highest BCUT2D eigenvalue weighted by Crippen LogP contribution is 2.34. The van der Waals surface area contributed by atoms with Gasteiger partial charge in [-0.15, -0.1) is 0 Å². The third-order valence-corrected chi connectivity index (χ3v) is 5.88. The Balaban J connectivity index is 1.64. The first-order valence-corrected chi connectivity index (χ1v) is 11.7. The zero-order valence-corrected chi connectivity index (χ0v) is 20.4. The maximum absolute atomic E-state index is 12.7. The average Bonchev–Trinajstić information content (AvgIpc) is 3.10. The third kappa shape index (κ3) is 7.10. The molecule has 1 saturated heterocycles. The van der Waals surface area contributed by atoms with Crippen LogP contribution in [0.25, 0.3) is 6.08 Å². The number of carbonyl (C=O) groups excluding carboxylic acids is 4. The molecule has 1 aliphatic rings. The first-order valence-electron chi connectivity index (χ1n) is 10.9. The van der Waals surface area contributed by atoms with Gasteiger partial charge in [-0.05, 0) is 61.0 Å². The molecular weight excluding hydrogens is 472 g/mol. The molecule has 9 nitrogen and oxygen atoms in total. The first-order chi connectivity index (χ1) is 16.8. The third-order valence-electron chi connectivity index (χ3n) is 4.97. The van der Waals surface area contributed by atoms with Gasteiger partial charge in [0.15, 0.2) is 18.1 Å². The van der Waals surface area contributed by atoms with E-state index >= 15 is 0 Å². The maximum atomic E-state index is 12.7. The molecule has 2 aromatic rings. The second-order valence-corrected chi connectivity index (χ2v) is 8.58. The van der Waals surface area contributed by atoms with Gasteiger partial charge in [-0.3, -0.25) is 24.1 Å². The zero-order valence-electron chi connectivity index (χ0n) is 19.6. The Morgan fingerprint density at radius 1 is 1.11 bits per heavy atom. The van der Waals surface area contributed by atoms with Crippen LogP contribution in [-0.2, 0) is 19.1 Å². The summed E-state index contributed by atoms with van der Waals surface area (Å²) >= 11 is 0.742. The maximum Gasteiger partial charge on any atom is 0.326 e. The van der Waals surface area contributed by atoms with E-state index in [-0.39, 0.29) is 23.5 Å². The van der Waals surface area contributed by atoms with Crippen LogP contribution in [0.4, 0.5) is 10.5 Å². The number of ether oxygens (including phenoxy) is 3. The molecule has 1 fully saturated rings. The summed E-state index contributed by atoms with van der Waals surface area (Å²) in [5, 5.41) is 2.18. The van der Waals surface area contributed by atoms with Crippen LogP contribution in [-0.4, -0.2) is 54.3 Å². The van der Waals surface area contributed by atoms with Gasteiger partial charge in [0.05, 0.1) is 18.1 Å². The van der Waals surface area contributed by atoms with E-state index in [1.165, 1.54) is 13.2 Å². The summed E-state index contributed by atoms with van der Waals surface area (Å²) in [7, 11) is 1.45. The normalized spacial score (nSPS) is 15.2. The molecule has 0 saturated carbocycles. The molecule has 3 rings (SSSR count). The van der Waals surface area contributed by atoms with E-state index in [9.17, 15) is 19.2 Å². The number of hydrogen-bond donors (Lipinski definition) is 1. The molecule has 35 heavy (non-hydrogen) atoms. The number of nitrogens with one attached hydrogen (secondary N) is 1. The van der Waals surface area contributed by atoms with Crippen molar-refractivity contribution in [3.63, 3.8) is 0 Å². The Morgan fingerprint density at radius 3 is 2.54 bits per heavy atom. The van der Waals surface area contributed by atoms with Crippen LogP contribution in [0.2, 0.25) is 0 Å². The molecule has 184 valence electrons. The van der Waals surface area contributed by atoms with Gasteiger partial charge in [-0.1, -0.05) is 31.2 Å². The molecule has 1 N–H and O–H groups in total. The monoisotopic (exact) mass is 498 g/mol. The van der Waals surface area contributed by atoms with Crippen molar-refractivity contribution in [2.75, 3.05) is 25.6 Å². The minimum atomic E-state index is -0.637.